The Kier molecular flexibility index (Phi) is 24.2. The van der Waals surface area contributed by atoms with E-state index in [9.17, 15) is 0 Å². The second kappa shape index (κ2) is 33.4. The second-order valence-electron chi connectivity index (χ2n) is 29.5. The van der Waals surface area contributed by atoms with Gasteiger partial charge in [0, 0.05) is 77.7 Å². The third-order valence-corrected chi connectivity index (χ3v) is 18.6. The van der Waals surface area contributed by atoms with Gasteiger partial charge in [0.2, 0.25) is 0 Å². The van der Waals surface area contributed by atoms with Crippen molar-refractivity contribution in [3.8, 4) is 124 Å². The number of halogens is 3. The summed E-state index contributed by atoms with van der Waals surface area (Å²) < 4.78 is 1.92. The van der Waals surface area contributed by atoms with E-state index in [1.54, 1.807) is 6.20 Å². The van der Waals surface area contributed by atoms with Gasteiger partial charge in [-0.3, -0.25) is 15.0 Å². The van der Waals surface area contributed by atoms with E-state index in [4.69, 9.17) is 39.6 Å². The first kappa shape index (κ1) is 75.5. The summed E-state index contributed by atoms with van der Waals surface area (Å²) in [5.74, 6) is 3.85. The molecule has 0 aliphatic carbocycles. The molecule has 0 saturated heterocycles. The quantitative estimate of drug-likeness (QED) is 0.0922. The van der Waals surface area contributed by atoms with Crippen LogP contribution in [0.5, 0.6) is 0 Å². The van der Waals surface area contributed by atoms with Gasteiger partial charge in [0.15, 0.2) is 34.9 Å². The number of benzene rings is 9. The first-order valence-corrected chi connectivity index (χ1v) is 40.1. The number of hydrogen-bond donors (Lipinski definition) is 0. The van der Waals surface area contributed by atoms with E-state index in [0.717, 1.165) is 116 Å². The minimum atomic E-state index is 0.0329. The molecule has 104 heavy (non-hydrogen) atoms. The topological polar surface area (TPSA) is 116 Å². The Hall–Kier alpha value is -9.68. The van der Waals surface area contributed by atoms with Crippen molar-refractivity contribution in [1.82, 2.24) is 44.9 Å². The zero-order chi connectivity index (χ0) is 73.8. The second-order valence-corrected chi connectivity index (χ2v) is 31.3. The molecule has 0 fully saturated rings. The zero-order valence-electron chi connectivity index (χ0n) is 60.9. The van der Waals surface area contributed by atoms with E-state index < -0.39 is 0 Å². The maximum Gasteiger partial charge on any atom is 0.0461 e. The van der Waals surface area contributed by atoms with Crippen LogP contribution in [-0.2, 0) is 39.0 Å². The molecule has 0 spiro atoms. The molecule has 9 aromatic carbocycles. The molecule has 0 aliphatic heterocycles. The van der Waals surface area contributed by atoms with Gasteiger partial charge in [-0.15, -0.1) is 5.56 Å². The van der Waals surface area contributed by atoms with Gasteiger partial charge in [0.05, 0.1) is 11.4 Å². The Labute approximate surface area is 644 Å². The van der Waals surface area contributed by atoms with Gasteiger partial charge < -0.3 is 0 Å². The molecule has 5 aromatic heterocycles. The molecule has 5 heterocycles. The van der Waals surface area contributed by atoms with E-state index in [-0.39, 0.29) is 21.7 Å². The van der Waals surface area contributed by atoms with Crippen molar-refractivity contribution < 1.29 is 17.3 Å². The first-order chi connectivity index (χ1) is 49.8. The number of rotatable bonds is 11. The molecule has 9 nitrogen and oxygen atoms in total. The molecule has 14 aromatic rings. The van der Waals surface area contributed by atoms with Crippen LogP contribution in [0.4, 0.5) is 0 Å². The van der Waals surface area contributed by atoms with Crippen LogP contribution in [0.1, 0.15) is 105 Å². The average molecular weight is 1560 g/mol. The molecule has 0 N–H and O–H groups in total. The van der Waals surface area contributed by atoms with E-state index in [1.165, 1.54) is 22.3 Å². The molecular weight excluding hydrogens is 1480 g/mol. The van der Waals surface area contributed by atoms with E-state index in [0.29, 0.717) is 34.9 Å². The van der Waals surface area contributed by atoms with Crippen molar-refractivity contribution in [3.05, 3.63) is 317 Å². The van der Waals surface area contributed by atoms with E-state index in [2.05, 4.69) is 300 Å². The summed E-state index contributed by atoms with van der Waals surface area (Å²) in [6, 6.07) is 92.7. The molecule has 13 heteroatoms. The van der Waals surface area contributed by atoms with Crippen LogP contribution in [0.2, 0.25) is 0 Å². The van der Waals surface area contributed by atoms with E-state index >= 15 is 0 Å². The molecule has 0 amide bonds. The van der Waals surface area contributed by atoms with Crippen molar-refractivity contribution >= 4 is 41.6 Å². The van der Waals surface area contributed by atoms with Crippen LogP contribution in [0.25, 0.3) is 124 Å². The number of pyridine rings is 3. The van der Waals surface area contributed by atoms with Crippen LogP contribution in [0.3, 0.4) is 0 Å². The third-order valence-electron chi connectivity index (χ3n) is 17.7. The van der Waals surface area contributed by atoms with E-state index in [1.807, 2.05) is 109 Å². The monoisotopic (exact) mass is 1560 g/mol. The summed E-state index contributed by atoms with van der Waals surface area (Å²) in [6.07, 6.45) is 5.45. The van der Waals surface area contributed by atoms with Crippen LogP contribution in [-0.4, -0.2) is 44.9 Å². The summed E-state index contributed by atoms with van der Waals surface area (Å²) in [7, 11) is 4.76. The fraction of sp³-hybridized carbons (Fsp3) is 0.176. The Balaban J connectivity index is 0.000000189. The first-order valence-electron chi connectivity index (χ1n) is 34.6. The Morgan fingerprint density at radius 3 is 0.740 bits per heavy atom. The summed E-state index contributed by atoms with van der Waals surface area (Å²) in [5, 5.41) is 0. The predicted octanol–water partition coefficient (Wildman–Crippen LogP) is 25.2. The Bertz CT molecular complexity index is 4830. The van der Waals surface area contributed by atoms with Crippen molar-refractivity contribution in [2.75, 3.05) is 0 Å². The standard InChI is InChI=1S/C51H45N5.C29H29Br2N3.C11H8N.ClH.Zn/c1-50(2,3)43-25-21-38(22-26-43)47-54-48(39-23-27-44(28-24-39)51(4,5)6)56-49(55-47)42-32-40(34-13-17-36(18-14-34)45-11-7-9-29-52-45)31-41(33-42)35-15-19-37(20-16-35)46-12-8-10-30-53-46;1-28(2,3)21-11-7-18(8-12-21)25-32-26(19-9-13-22(14-10-19)29(4,5)6)34-27(33-25)20-15-23(30)17-24(31)16-20;1-2-6-10(7-3-1)11-8-4-5-9-12-11;;/h7-33H,1-6H3;7-17H,1-6H3;2-9H;1H;/q;;-1;;+2/p-1. The molecule has 0 unspecified atom stereocenters. The molecule has 0 aliphatic rings. The van der Waals surface area contributed by atoms with Gasteiger partial charge in [0.25, 0.3) is 0 Å². The smallest absolute Gasteiger partial charge is 0.0461 e. The normalized spacial score (nSPS) is 11.5. The summed E-state index contributed by atoms with van der Waals surface area (Å²) >= 11 is 8.03. The van der Waals surface area contributed by atoms with Crippen LogP contribution >= 0.6 is 41.6 Å². The minimum absolute atomic E-state index is 0.0329. The number of nitrogens with zero attached hydrogens (tertiary/aromatic N) is 9. The molecule has 0 radical (unpaired) electrons. The Morgan fingerprint density at radius 2 is 0.481 bits per heavy atom. The van der Waals surface area contributed by atoms with Crippen molar-refractivity contribution in [1.29, 1.82) is 0 Å². The van der Waals surface area contributed by atoms with Crippen LogP contribution < -0.4 is 0 Å². The van der Waals surface area contributed by atoms with Crippen LogP contribution in [0.15, 0.2) is 288 Å². The molecule has 0 saturated carbocycles. The average Bonchev–Trinajstić information content (AvgIpc) is 0.789. The maximum atomic E-state index is 5.19. The number of hydrogen-bond acceptors (Lipinski definition) is 9. The summed E-state index contributed by atoms with van der Waals surface area (Å²) in [6.45, 7) is 26.7. The predicted molar refractivity (Wildman–Crippen MR) is 434 cm³/mol. The molecule has 0 atom stereocenters. The minimum Gasteiger partial charge on any atom is -0.258 e. The third kappa shape index (κ3) is 19.6. The van der Waals surface area contributed by atoms with Crippen molar-refractivity contribution in [2.45, 2.75) is 105 Å². The summed E-state index contributed by atoms with van der Waals surface area (Å²) in [4.78, 5) is 43.4. The largest absolute Gasteiger partial charge is 0.258 e. The fourth-order valence-corrected chi connectivity index (χ4v) is 12.9. The molecule has 514 valence electrons. The van der Waals surface area contributed by atoms with Crippen molar-refractivity contribution in [2.24, 2.45) is 0 Å². The van der Waals surface area contributed by atoms with Gasteiger partial charge in [-0.05, 0) is 139 Å². The molecule has 14 rings (SSSR count). The maximum absolute atomic E-state index is 5.19. The SMILES string of the molecule is CC(C)(C)c1ccc(-c2nc(-c3ccc(C(C)(C)C)cc3)nc(-c3cc(-c4ccc(-c5ccccn5)cc4)cc(-c4ccc(-c5ccccn5)cc4)c3)n2)cc1.CC(C)(C)c1ccc(-c2nc(-c3ccc(C(C)(C)C)cc3)nc(-c3cc(Br)cc(Br)c3)n2)cc1.[Cl][Zn+].[c-]1ccc(-c2ccccn2)cc1. The molecular formula is C91H82Br2ClN9Zn. The van der Waals surface area contributed by atoms with Gasteiger partial charge in [-0.25, -0.2) is 29.9 Å². The fourth-order valence-electron chi connectivity index (χ4n) is 11.6. The van der Waals surface area contributed by atoms with Crippen LogP contribution in [0, 0.1) is 6.07 Å². The van der Waals surface area contributed by atoms with Gasteiger partial charge in [0.1, 0.15) is 0 Å². The van der Waals surface area contributed by atoms with Crippen molar-refractivity contribution in [3.63, 3.8) is 0 Å². The van der Waals surface area contributed by atoms with Gasteiger partial charge in [-0.2, -0.15) is 30.3 Å². The Morgan fingerprint density at radius 1 is 0.250 bits per heavy atom. The van der Waals surface area contributed by atoms with Gasteiger partial charge in [-0.1, -0.05) is 279 Å². The van der Waals surface area contributed by atoms with Gasteiger partial charge >= 0.3 is 27.0 Å². The zero-order valence-corrected chi connectivity index (χ0v) is 67.8. The number of aromatic nitrogens is 9. The molecule has 0 bridgehead atoms. The summed E-state index contributed by atoms with van der Waals surface area (Å²) in [5.41, 5.74) is 21.4.